The highest BCUT2D eigenvalue weighted by Crippen LogP contribution is 2.62. The Morgan fingerprint density at radius 1 is 0.379 bits per heavy atom. The second-order valence-electron chi connectivity index (χ2n) is 15.1. The van der Waals surface area contributed by atoms with Crippen LogP contribution in [0.5, 0.6) is 0 Å². The van der Waals surface area contributed by atoms with Crippen molar-refractivity contribution in [1.82, 2.24) is 19.9 Å². The minimum Gasteiger partial charge on any atom is -0.261 e. The van der Waals surface area contributed by atoms with Crippen LogP contribution in [0.4, 0.5) is 0 Å². The monoisotopic (exact) mass is 760 g/mol. The Morgan fingerprint density at radius 3 is 1.72 bits per heavy atom. The van der Waals surface area contributed by atoms with Crippen LogP contribution in [-0.4, -0.2) is 19.9 Å². The lowest BCUT2D eigenvalue weighted by molar-refractivity contribution is 0.722. The molecule has 0 fully saturated rings. The first-order valence-corrected chi connectivity index (χ1v) is 20.4. The number of aromatic nitrogens is 4. The molecule has 2 aromatic heterocycles. The zero-order chi connectivity index (χ0) is 38.8. The maximum atomic E-state index is 5.26. The van der Waals surface area contributed by atoms with Crippen LogP contribution in [0, 0.1) is 13.8 Å². The van der Waals surface area contributed by atoms with Crippen LogP contribution in [0.2, 0.25) is 0 Å². The van der Waals surface area contributed by atoms with Crippen molar-refractivity contribution in [1.29, 1.82) is 0 Å². The van der Waals surface area contributed by atoms with E-state index in [1.165, 1.54) is 54.3 Å². The fourth-order valence-corrected chi connectivity index (χ4v) is 10.3. The molecule has 0 amide bonds. The van der Waals surface area contributed by atoms with Crippen molar-refractivity contribution in [2.75, 3.05) is 0 Å². The van der Waals surface area contributed by atoms with E-state index in [9.17, 15) is 0 Å². The van der Waals surface area contributed by atoms with Crippen molar-refractivity contribution >= 4 is 11.8 Å². The van der Waals surface area contributed by atoms with Crippen LogP contribution >= 0.6 is 11.8 Å². The Bertz CT molecular complexity index is 3070. The summed E-state index contributed by atoms with van der Waals surface area (Å²) in [5.74, 6) is 1.92. The van der Waals surface area contributed by atoms with Crippen molar-refractivity contribution < 1.29 is 0 Å². The lowest BCUT2D eigenvalue weighted by atomic mass is 9.67. The van der Waals surface area contributed by atoms with Crippen molar-refractivity contribution in [2.24, 2.45) is 0 Å². The van der Waals surface area contributed by atoms with Gasteiger partial charge >= 0.3 is 0 Å². The molecule has 2 aliphatic rings. The van der Waals surface area contributed by atoms with E-state index in [0.29, 0.717) is 17.5 Å². The van der Waals surface area contributed by atoms with Crippen LogP contribution in [0.3, 0.4) is 0 Å². The van der Waals surface area contributed by atoms with E-state index >= 15 is 0 Å². The highest BCUT2D eigenvalue weighted by atomic mass is 32.2. The molecule has 11 rings (SSSR count). The Labute approximate surface area is 342 Å². The van der Waals surface area contributed by atoms with E-state index in [1.807, 2.05) is 49.1 Å². The van der Waals surface area contributed by atoms with Gasteiger partial charge in [-0.2, -0.15) is 0 Å². The minimum absolute atomic E-state index is 0.505. The number of benzene rings is 7. The molecular formula is C53H36N4S. The first kappa shape index (κ1) is 34.3. The average molecular weight is 761 g/mol. The van der Waals surface area contributed by atoms with Gasteiger partial charge in [-0.1, -0.05) is 163 Å². The third kappa shape index (κ3) is 5.38. The van der Waals surface area contributed by atoms with Gasteiger partial charge < -0.3 is 0 Å². The number of pyridine rings is 1. The van der Waals surface area contributed by atoms with E-state index in [1.54, 1.807) is 0 Å². The Kier molecular flexibility index (Phi) is 8.05. The minimum atomic E-state index is -0.505. The molecule has 0 saturated carbocycles. The molecule has 7 aromatic carbocycles. The topological polar surface area (TPSA) is 51.6 Å². The molecule has 4 nitrogen and oxygen atoms in total. The van der Waals surface area contributed by atoms with Gasteiger partial charge in [-0.3, -0.25) is 4.98 Å². The Hall–Kier alpha value is -6.95. The second kappa shape index (κ2) is 13.6. The summed E-state index contributed by atoms with van der Waals surface area (Å²) in [5.41, 5.74) is 16.7. The molecule has 5 heteroatoms. The Morgan fingerprint density at radius 2 is 0.948 bits per heavy atom. The SMILES string of the molecule is Cc1cc(C)c(-c2ccc3c(c2)Sc2ccccc2C32c3ccccc3-c3cc(-c4nc(-c5ccccc5)nc(-c5ccccc5-c5ccccc5)n4)ccc32)cn1. The van der Waals surface area contributed by atoms with Gasteiger partial charge in [-0.15, -0.1) is 0 Å². The number of fused-ring (bicyclic) bond motifs is 9. The third-order valence-electron chi connectivity index (χ3n) is 11.7. The predicted octanol–water partition coefficient (Wildman–Crippen LogP) is 13.0. The highest BCUT2D eigenvalue weighted by molar-refractivity contribution is 7.99. The number of rotatable bonds is 5. The molecule has 1 spiro atoms. The predicted molar refractivity (Wildman–Crippen MR) is 236 cm³/mol. The fourth-order valence-electron chi connectivity index (χ4n) is 9.10. The van der Waals surface area contributed by atoms with Gasteiger partial charge in [-0.05, 0) is 93.7 Å². The fraction of sp³-hybridized carbons (Fsp3) is 0.0566. The standard InChI is InChI=1S/C53H36N4S/c1-33-29-34(2)54-32-43(33)37-25-28-47-49(31-37)58-48-24-14-13-23-46(48)53(47)44-22-12-11-20-40(44)42-30-38(26-27-45(42)53)51-55-50(36-17-7-4-8-18-36)56-52(57-51)41-21-10-9-19-39(41)35-15-5-3-6-16-35/h3-32H,1-2H3. The normalized spacial score (nSPS) is 14.7. The van der Waals surface area contributed by atoms with Crippen molar-refractivity contribution in [3.8, 4) is 67.5 Å². The quantitative estimate of drug-likeness (QED) is 0.175. The van der Waals surface area contributed by atoms with E-state index < -0.39 is 5.41 Å². The van der Waals surface area contributed by atoms with Gasteiger partial charge in [0.25, 0.3) is 0 Å². The molecule has 9 aromatic rings. The first-order chi connectivity index (χ1) is 28.6. The maximum Gasteiger partial charge on any atom is 0.164 e. The van der Waals surface area contributed by atoms with Crippen LogP contribution in [0.15, 0.2) is 192 Å². The lowest BCUT2D eigenvalue weighted by Crippen LogP contribution is -2.32. The molecule has 274 valence electrons. The summed E-state index contributed by atoms with van der Waals surface area (Å²) < 4.78 is 0. The summed E-state index contributed by atoms with van der Waals surface area (Å²) >= 11 is 1.86. The smallest absolute Gasteiger partial charge is 0.164 e. The van der Waals surface area contributed by atoms with Gasteiger partial charge in [0.05, 0.1) is 5.41 Å². The van der Waals surface area contributed by atoms with Gasteiger partial charge in [0.2, 0.25) is 0 Å². The summed E-state index contributed by atoms with van der Waals surface area (Å²) in [6.45, 7) is 4.22. The number of hydrogen-bond acceptors (Lipinski definition) is 5. The first-order valence-electron chi connectivity index (χ1n) is 19.6. The zero-order valence-corrected chi connectivity index (χ0v) is 32.8. The Balaban J connectivity index is 1.12. The van der Waals surface area contributed by atoms with Crippen molar-refractivity contribution in [3.05, 3.63) is 216 Å². The van der Waals surface area contributed by atoms with Gasteiger partial charge in [0.1, 0.15) is 0 Å². The van der Waals surface area contributed by atoms with Crippen LogP contribution in [0.25, 0.3) is 67.5 Å². The van der Waals surface area contributed by atoms with Crippen LogP contribution in [0.1, 0.15) is 33.5 Å². The van der Waals surface area contributed by atoms with E-state index in [2.05, 4.69) is 164 Å². The summed E-state index contributed by atoms with van der Waals surface area (Å²) in [6, 6.07) is 62.9. The summed E-state index contributed by atoms with van der Waals surface area (Å²) in [7, 11) is 0. The number of nitrogens with zero attached hydrogens (tertiary/aromatic N) is 4. The molecule has 0 bridgehead atoms. The van der Waals surface area contributed by atoms with Crippen LogP contribution in [-0.2, 0) is 5.41 Å². The molecule has 3 heterocycles. The summed E-state index contributed by atoms with van der Waals surface area (Å²) in [5, 5.41) is 0. The molecule has 0 saturated heterocycles. The largest absolute Gasteiger partial charge is 0.261 e. The van der Waals surface area contributed by atoms with Crippen molar-refractivity contribution in [3.63, 3.8) is 0 Å². The maximum absolute atomic E-state index is 5.26. The third-order valence-corrected chi connectivity index (χ3v) is 12.8. The molecule has 1 aliphatic carbocycles. The molecular weight excluding hydrogens is 725 g/mol. The number of aryl methyl sites for hydroxylation is 2. The summed E-state index contributed by atoms with van der Waals surface area (Å²) in [4.78, 5) is 22.8. The van der Waals surface area contributed by atoms with Gasteiger partial charge in [0.15, 0.2) is 17.5 Å². The van der Waals surface area contributed by atoms with Gasteiger partial charge in [0, 0.05) is 43.9 Å². The highest BCUT2D eigenvalue weighted by Gasteiger charge is 2.50. The average Bonchev–Trinajstić information content (AvgIpc) is 3.56. The number of hydrogen-bond donors (Lipinski definition) is 0. The molecule has 1 unspecified atom stereocenters. The van der Waals surface area contributed by atoms with E-state index in [0.717, 1.165) is 39.1 Å². The van der Waals surface area contributed by atoms with E-state index in [-0.39, 0.29) is 0 Å². The van der Waals surface area contributed by atoms with E-state index in [4.69, 9.17) is 15.0 Å². The molecule has 1 atom stereocenters. The second-order valence-corrected chi connectivity index (χ2v) is 16.2. The molecule has 1 aliphatic heterocycles. The molecule has 0 radical (unpaired) electrons. The summed E-state index contributed by atoms with van der Waals surface area (Å²) in [6.07, 6.45) is 2.02. The molecule has 0 N–H and O–H groups in total. The van der Waals surface area contributed by atoms with Crippen molar-refractivity contribution in [2.45, 2.75) is 29.1 Å². The van der Waals surface area contributed by atoms with Gasteiger partial charge in [-0.25, -0.2) is 15.0 Å². The molecule has 58 heavy (non-hydrogen) atoms. The van der Waals surface area contributed by atoms with Crippen LogP contribution < -0.4 is 0 Å². The zero-order valence-electron chi connectivity index (χ0n) is 32.0. The lowest BCUT2D eigenvalue weighted by Gasteiger charge is -2.39.